The summed E-state index contributed by atoms with van der Waals surface area (Å²) in [6.07, 6.45) is 4.73. The first-order valence-corrected chi connectivity index (χ1v) is 8.26. The largest absolute Gasteiger partial charge is 0.349 e. The van der Waals surface area contributed by atoms with Crippen LogP contribution in [0, 0.1) is 0 Å². The summed E-state index contributed by atoms with van der Waals surface area (Å²) in [7, 11) is -3.36. The molecule has 1 fully saturated rings. The average molecular weight is 294 g/mol. The van der Waals surface area contributed by atoms with E-state index >= 15 is 0 Å². The van der Waals surface area contributed by atoms with Gasteiger partial charge in [-0.1, -0.05) is 6.08 Å². The Hall–Kier alpha value is -1.82. The smallest absolute Gasteiger partial charge is 0.251 e. The highest BCUT2D eigenvalue weighted by Gasteiger charge is 2.24. The third-order valence-electron chi connectivity index (χ3n) is 3.03. The van der Waals surface area contributed by atoms with Crippen molar-refractivity contribution in [2.45, 2.75) is 18.9 Å². The van der Waals surface area contributed by atoms with Crippen LogP contribution in [0.3, 0.4) is 0 Å². The number of sulfonamides is 1. The van der Waals surface area contributed by atoms with Gasteiger partial charge in [0.15, 0.2) is 0 Å². The van der Waals surface area contributed by atoms with E-state index in [2.05, 4.69) is 11.9 Å². The van der Waals surface area contributed by atoms with Crippen molar-refractivity contribution >= 4 is 21.6 Å². The first-order chi connectivity index (χ1) is 9.41. The predicted molar refractivity (Wildman–Crippen MR) is 79.3 cm³/mol. The van der Waals surface area contributed by atoms with E-state index in [1.807, 2.05) is 0 Å². The van der Waals surface area contributed by atoms with Crippen molar-refractivity contribution in [2.24, 2.45) is 0 Å². The van der Waals surface area contributed by atoms with Gasteiger partial charge in [-0.3, -0.25) is 9.10 Å². The summed E-state index contributed by atoms with van der Waals surface area (Å²) in [5.41, 5.74) is 1.06. The quantitative estimate of drug-likeness (QED) is 0.809. The van der Waals surface area contributed by atoms with E-state index in [1.54, 1.807) is 24.3 Å². The molecule has 1 aliphatic carbocycles. The predicted octanol–water partition coefficient (Wildman–Crippen LogP) is 1.53. The highest BCUT2D eigenvalue weighted by molar-refractivity contribution is 7.92. The van der Waals surface area contributed by atoms with E-state index in [4.69, 9.17) is 0 Å². The Labute approximate surface area is 119 Å². The Bertz CT molecular complexity index is 604. The fourth-order valence-corrected chi connectivity index (χ4v) is 2.71. The van der Waals surface area contributed by atoms with Crippen LogP contribution < -0.4 is 9.62 Å². The number of rotatable bonds is 6. The van der Waals surface area contributed by atoms with Gasteiger partial charge in [-0.15, -0.1) is 6.58 Å². The Kier molecular flexibility index (Phi) is 4.13. The summed E-state index contributed by atoms with van der Waals surface area (Å²) < 4.78 is 24.6. The lowest BCUT2D eigenvalue weighted by atomic mass is 10.2. The Morgan fingerprint density at radius 3 is 2.45 bits per heavy atom. The standard InChI is InChI=1S/C14H18N2O3S/c1-3-10-16(20(2,18)19)13-8-4-11(5-9-13)14(17)15-12-6-7-12/h3-5,8-9,12H,1,6-7,10H2,2H3,(H,15,17). The van der Waals surface area contributed by atoms with Crippen LogP contribution in [0.25, 0.3) is 0 Å². The highest BCUT2D eigenvalue weighted by atomic mass is 32.2. The first kappa shape index (κ1) is 14.6. The lowest BCUT2D eigenvalue weighted by Gasteiger charge is -2.20. The van der Waals surface area contributed by atoms with E-state index in [9.17, 15) is 13.2 Å². The number of benzene rings is 1. The van der Waals surface area contributed by atoms with E-state index in [1.165, 1.54) is 10.4 Å². The monoisotopic (exact) mass is 294 g/mol. The van der Waals surface area contributed by atoms with Crippen LogP contribution in [-0.4, -0.2) is 33.2 Å². The fourth-order valence-electron chi connectivity index (χ4n) is 1.83. The van der Waals surface area contributed by atoms with E-state index in [0.29, 0.717) is 17.3 Å². The van der Waals surface area contributed by atoms with Crippen molar-refractivity contribution in [3.63, 3.8) is 0 Å². The molecular formula is C14H18N2O3S. The molecular weight excluding hydrogens is 276 g/mol. The zero-order chi connectivity index (χ0) is 14.8. The molecule has 0 heterocycles. The third-order valence-corrected chi connectivity index (χ3v) is 4.19. The minimum Gasteiger partial charge on any atom is -0.349 e. The number of carbonyl (C=O) groups is 1. The van der Waals surface area contributed by atoms with Crippen LogP contribution >= 0.6 is 0 Å². The van der Waals surface area contributed by atoms with Crippen LogP contribution in [-0.2, 0) is 10.0 Å². The molecule has 1 N–H and O–H groups in total. The number of nitrogens with one attached hydrogen (secondary N) is 1. The van der Waals surface area contributed by atoms with Crippen molar-refractivity contribution in [1.82, 2.24) is 5.32 Å². The number of hydrogen-bond donors (Lipinski definition) is 1. The minimum absolute atomic E-state index is 0.117. The normalized spacial score (nSPS) is 14.7. The number of carbonyl (C=O) groups excluding carboxylic acids is 1. The van der Waals surface area contributed by atoms with Gasteiger partial charge in [-0.05, 0) is 37.1 Å². The molecule has 108 valence electrons. The number of nitrogens with zero attached hydrogens (tertiary/aromatic N) is 1. The van der Waals surface area contributed by atoms with Gasteiger partial charge in [0, 0.05) is 11.6 Å². The zero-order valence-electron chi connectivity index (χ0n) is 11.4. The van der Waals surface area contributed by atoms with E-state index < -0.39 is 10.0 Å². The average Bonchev–Trinajstić information content (AvgIpc) is 3.19. The molecule has 1 amide bonds. The molecule has 6 heteroatoms. The second-order valence-corrected chi connectivity index (χ2v) is 6.78. The fraction of sp³-hybridized carbons (Fsp3) is 0.357. The molecule has 0 bridgehead atoms. The van der Waals surface area contributed by atoms with Gasteiger partial charge in [0.05, 0.1) is 18.5 Å². The lowest BCUT2D eigenvalue weighted by Crippen LogP contribution is -2.30. The maximum Gasteiger partial charge on any atom is 0.251 e. The minimum atomic E-state index is -3.36. The zero-order valence-corrected chi connectivity index (χ0v) is 12.2. The molecule has 0 atom stereocenters. The van der Waals surface area contributed by atoms with Crippen molar-refractivity contribution in [1.29, 1.82) is 0 Å². The third kappa shape index (κ3) is 3.60. The van der Waals surface area contributed by atoms with Gasteiger partial charge in [-0.25, -0.2) is 8.42 Å². The molecule has 1 aliphatic rings. The van der Waals surface area contributed by atoms with Gasteiger partial charge in [0.1, 0.15) is 0 Å². The summed E-state index contributed by atoms with van der Waals surface area (Å²) >= 11 is 0. The highest BCUT2D eigenvalue weighted by Crippen LogP contribution is 2.21. The van der Waals surface area contributed by atoms with Crippen molar-refractivity contribution in [2.75, 3.05) is 17.1 Å². The maximum atomic E-state index is 11.8. The SMILES string of the molecule is C=CCN(c1ccc(C(=O)NC2CC2)cc1)S(C)(=O)=O. The van der Waals surface area contributed by atoms with Gasteiger partial charge >= 0.3 is 0 Å². The van der Waals surface area contributed by atoms with Crippen molar-refractivity contribution in [3.05, 3.63) is 42.5 Å². The van der Waals surface area contributed by atoms with Gasteiger partial charge in [0.25, 0.3) is 5.91 Å². The van der Waals surface area contributed by atoms with Crippen LogP contribution in [0.4, 0.5) is 5.69 Å². The molecule has 20 heavy (non-hydrogen) atoms. The number of hydrogen-bond acceptors (Lipinski definition) is 3. The second kappa shape index (κ2) is 5.66. The molecule has 0 spiro atoms. The molecule has 0 saturated heterocycles. The Morgan fingerprint density at radius 1 is 1.40 bits per heavy atom. The molecule has 1 saturated carbocycles. The molecule has 5 nitrogen and oxygen atoms in total. The summed E-state index contributed by atoms with van der Waals surface area (Å²) in [5, 5.41) is 2.89. The summed E-state index contributed by atoms with van der Waals surface area (Å²) in [5.74, 6) is -0.117. The lowest BCUT2D eigenvalue weighted by molar-refractivity contribution is 0.0951. The molecule has 0 unspecified atom stereocenters. The number of amides is 1. The molecule has 1 aromatic carbocycles. The van der Waals surface area contributed by atoms with Crippen LogP contribution in [0.2, 0.25) is 0 Å². The molecule has 0 aliphatic heterocycles. The van der Waals surface area contributed by atoms with Crippen molar-refractivity contribution in [3.8, 4) is 0 Å². The van der Waals surface area contributed by atoms with E-state index in [-0.39, 0.29) is 12.5 Å². The topological polar surface area (TPSA) is 66.5 Å². The summed E-state index contributed by atoms with van der Waals surface area (Å²) in [4.78, 5) is 11.8. The number of anilines is 1. The molecule has 0 aromatic heterocycles. The van der Waals surface area contributed by atoms with E-state index in [0.717, 1.165) is 19.1 Å². The summed E-state index contributed by atoms with van der Waals surface area (Å²) in [6, 6.07) is 6.83. The Balaban J connectivity index is 2.16. The van der Waals surface area contributed by atoms with Crippen molar-refractivity contribution < 1.29 is 13.2 Å². The second-order valence-electron chi connectivity index (χ2n) is 4.88. The van der Waals surface area contributed by atoms with Gasteiger partial charge in [0.2, 0.25) is 10.0 Å². The van der Waals surface area contributed by atoms with Gasteiger partial charge < -0.3 is 5.32 Å². The van der Waals surface area contributed by atoms with Crippen LogP contribution in [0.5, 0.6) is 0 Å². The first-order valence-electron chi connectivity index (χ1n) is 6.41. The Morgan fingerprint density at radius 2 is 2.00 bits per heavy atom. The molecule has 0 radical (unpaired) electrons. The maximum absolute atomic E-state index is 11.8. The summed E-state index contributed by atoms with van der Waals surface area (Å²) in [6.45, 7) is 3.76. The van der Waals surface area contributed by atoms with Gasteiger partial charge in [-0.2, -0.15) is 0 Å². The van der Waals surface area contributed by atoms with Crippen LogP contribution in [0.1, 0.15) is 23.2 Å². The molecule has 1 aromatic rings. The molecule has 2 rings (SSSR count). The van der Waals surface area contributed by atoms with Crippen LogP contribution in [0.15, 0.2) is 36.9 Å².